The van der Waals surface area contributed by atoms with E-state index in [1.54, 1.807) is 0 Å². The fourth-order valence-electron chi connectivity index (χ4n) is 8.54. The quantitative estimate of drug-likeness (QED) is 0.172. The third-order valence-corrected chi connectivity index (χ3v) is 11.0. The molecule has 11 aromatic rings. The molecule has 0 atom stereocenters. The summed E-state index contributed by atoms with van der Waals surface area (Å²) in [5.74, 6) is 0. The van der Waals surface area contributed by atoms with E-state index in [9.17, 15) is 0 Å². The van der Waals surface area contributed by atoms with E-state index in [-0.39, 0.29) is 0 Å². The van der Waals surface area contributed by atoms with E-state index in [1.165, 1.54) is 54.8 Å². The van der Waals surface area contributed by atoms with Gasteiger partial charge >= 0.3 is 0 Å². The highest BCUT2D eigenvalue weighted by Crippen LogP contribution is 2.44. The van der Waals surface area contributed by atoms with Crippen LogP contribution in [0.2, 0.25) is 0 Å². The van der Waals surface area contributed by atoms with Gasteiger partial charge in [-0.05, 0) is 87.6 Å². The molecule has 9 aromatic carbocycles. The molecular formula is C52H34N2O. The lowest BCUT2D eigenvalue weighted by molar-refractivity contribution is 0.669. The first-order chi connectivity index (χ1) is 27.3. The van der Waals surface area contributed by atoms with E-state index < -0.39 is 0 Å². The Morgan fingerprint density at radius 1 is 0.400 bits per heavy atom. The zero-order valence-electron chi connectivity index (χ0n) is 29.9. The Morgan fingerprint density at radius 2 is 0.982 bits per heavy atom. The van der Waals surface area contributed by atoms with Crippen molar-refractivity contribution < 1.29 is 4.42 Å². The van der Waals surface area contributed by atoms with Gasteiger partial charge in [0.15, 0.2) is 5.58 Å². The molecule has 0 saturated carbocycles. The number of furan rings is 1. The van der Waals surface area contributed by atoms with Crippen LogP contribution in [0.25, 0.3) is 82.5 Å². The Kier molecular flexibility index (Phi) is 7.17. The number of hydrogen-bond donors (Lipinski definition) is 0. The normalized spacial score (nSPS) is 11.6. The smallest absolute Gasteiger partial charge is 0.159 e. The first-order valence-corrected chi connectivity index (χ1v) is 18.8. The number of benzene rings is 9. The van der Waals surface area contributed by atoms with Crippen LogP contribution < -0.4 is 4.90 Å². The lowest BCUT2D eigenvalue weighted by Gasteiger charge is -2.26. The second-order valence-electron chi connectivity index (χ2n) is 14.1. The molecule has 55 heavy (non-hydrogen) atoms. The number of rotatable bonds is 6. The molecule has 2 heterocycles. The topological polar surface area (TPSA) is 21.3 Å². The second-order valence-corrected chi connectivity index (χ2v) is 14.1. The standard InChI is InChI=1S/C52H34N2O/c1-2-14-35(15-3-1)41-23-10-16-37-17-11-24-42(51(37)41)36-30-32-38(33-31-36)53(49-28-13-25-46-45-22-6-9-29-50(45)55-52(46)49)39-18-12-19-40(34-39)54-47-26-7-4-20-43(47)44-21-5-8-27-48(44)54/h1-34H. The summed E-state index contributed by atoms with van der Waals surface area (Å²) in [6, 6.07) is 73.9. The zero-order chi connectivity index (χ0) is 36.3. The molecule has 2 aromatic heterocycles. The number of para-hydroxylation sites is 4. The largest absolute Gasteiger partial charge is 0.454 e. The highest BCUT2D eigenvalue weighted by molar-refractivity contribution is 6.11. The number of fused-ring (bicyclic) bond motifs is 7. The molecule has 0 amide bonds. The fraction of sp³-hybridized carbons (Fsp3) is 0. The zero-order valence-corrected chi connectivity index (χ0v) is 29.9. The Hall–Kier alpha value is -7.36. The molecule has 0 N–H and O–H groups in total. The van der Waals surface area contributed by atoms with E-state index in [2.05, 4.69) is 210 Å². The molecule has 0 radical (unpaired) electrons. The van der Waals surface area contributed by atoms with Gasteiger partial charge in [0, 0.05) is 38.6 Å². The molecule has 0 unspecified atom stereocenters. The van der Waals surface area contributed by atoms with Crippen molar-refractivity contribution >= 4 is 71.6 Å². The van der Waals surface area contributed by atoms with E-state index in [1.807, 2.05) is 6.07 Å². The van der Waals surface area contributed by atoms with Crippen LogP contribution in [-0.2, 0) is 0 Å². The number of nitrogens with zero attached hydrogens (tertiary/aromatic N) is 2. The van der Waals surface area contributed by atoms with Crippen LogP contribution in [0.4, 0.5) is 17.1 Å². The summed E-state index contributed by atoms with van der Waals surface area (Å²) in [6.07, 6.45) is 0. The van der Waals surface area contributed by atoms with E-state index >= 15 is 0 Å². The van der Waals surface area contributed by atoms with Gasteiger partial charge in [0.1, 0.15) is 5.58 Å². The molecule has 0 aliphatic heterocycles. The molecule has 0 bridgehead atoms. The summed E-state index contributed by atoms with van der Waals surface area (Å²) in [5.41, 5.74) is 13.1. The van der Waals surface area contributed by atoms with Gasteiger partial charge in [0.25, 0.3) is 0 Å². The average molecular weight is 703 g/mol. The first-order valence-electron chi connectivity index (χ1n) is 18.8. The van der Waals surface area contributed by atoms with Crippen molar-refractivity contribution in [3.8, 4) is 27.9 Å². The van der Waals surface area contributed by atoms with Gasteiger partial charge in [0.05, 0.1) is 16.7 Å². The van der Waals surface area contributed by atoms with E-state index in [0.717, 1.165) is 44.7 Å². The average Bonchev–Trinajstić information content (AvgIpc) is 3.81. The Bertz CT molecular complexity index is 3150. The van der Waals surface area contributed by atoms with Crippen LogP contribution >= 0.6 is 0 Å². The van der Waals surface area contributed by atoms with Crippen LogP contribution in [0.3, 0.4) is 0 Å². The predicted octanol–water partition coefficient (Wildman–Crippen LogP) is 14.6. The van der Waals surface area contributed by atoms with Crippen LogP contribution in [0.15, 0.2) is 211 Å². The van der Waals surface area contributed by atoms with Crippen LogP contribution in [0.5, 0.6) is 0 Å². The molecule has 0 saturated heterocycles. The summed E-state index contributed by atoms with van der Waals surface area (Å²) in [6.45, 7) is 0. The monoisotopic (exact) mass is 702 g/mol. The van der Waals surface area contributed by atoms with Crippen molar-refractivity contribution in [2.24, 2.45) is 0 Å². The molecule has 0 spiro atoms. The van der Waals surface area contributed by atoms with Crippen molar-refractivity contribution in [2.45, 2.75) is 0 Å². The van der Waals surface area contributed by atoms with Crippen molar-refractivity contribution in [3.63, 3.8) is 0 Å². The van der Waals surface area contributed by atoms with Crippen molar-refractivity contribution in [2.75, 3.05) is 4.90 Å². The van der Waals surface area contributed by atoms with Crippen LogP contribution in [-0.4, -0.2) is 4.57 Å². The minimum Gasteiger partial charge on any atom is -0.454 e. The highest BCUT2D eigenvalue weighted by Gasteiger charge is 2.21. The maximum atomic E-state index is 6.67. The third kappa shape index (κ3) is 5.05. The number of hydrogen-bond acceptors (Lipinski definition) is 2. The Balaban J connectivity index is 1.11. The van der Waals surface area contributed by atoms with Gasteiger partial charge in [0.2, 0.25) is 0 Å². The van der Waals surface area contributed by atoms with Gasteiger partial charge in [-0.15, -0.1) is 0 Å². The molecule has 0 aliphatic rings. The van der Waals surface area contributed by atoms with Crippen LogP contribution in [0.1, 0.15) is 0 Å². The SMILES string of the molecule is c1ccc(-c2cccc3cccc(-c4ccc(N(c5cccc(-n6c7ccccc7c7ccccc76)c5)c5cccc6c5oc5ccccc56)cc4)c23)cc1. The van der Waals surface area contributed by atoms with Gasteiger partial charge in [-0.1, -0.05) is 152 Å². The highest BCUT2D eigenvalue weighted by atomic mass is 16.3. The van der Waals surface area contributed by atoms with Gasteiger partial charge in [-0.25, -0.2) is 0 Å². The Labute approximate surface area is 318 Å². The van der Waals surface area contributed by atoms with Crippen molar-refractivity contribution in [3.05, 3.63) is 206 Å². The molecular weight excluding hydrogens is 669 g/mol. The predicted molar refractivity (Wildman–Crippen MR) is 231 cm³/mol. The summed E-state index contributed by atoms with van der Waals surface area (Å²) < 4.78 is 9.05. The maximum Gasteiger partial charge on any atom is 0.159 e. The Morgan fingerprint density at radius 3 is 1.71 bits per heavy atom. The molecule has 3 heteroatoms. The molecule has 3 nitrogen and oxygen atoms in total. The lowest BCUT2D eigenvalue weighted by Crippen LogP contribution is -2.11. The molecule has 11 rings (SSSR count). The van der Waals surface area contributed by atoms with Crippen LogP contribution in [0, 0.1) is 0 Å². The lowest BCUT2D eigenvalue weighted by atomic mass is 9.91. The van der Waals surface area contributed by atoms with E-state index in [4.69, 9.17) is 4.42 Å². The van der Waals surface area contributed by atoms with Crippen molar-refractivity contribution in [1.82, 2.24) is 4.57 Å². The van der Waals surface area contributed by atoms with Gasteiger partial charge < -0.3 is 13.9 Å². The molecule has 0 fully saturated rings. The third-order valence-electron chi connectivity index (χ3n) is 11.0. The van der Waals surface area contributed by atoms with E-state index in [0.29, 0.717) is 0 Å². The maximum absolute atomic E-state index is 6.67. The van der Waals surface area contributed by atoms with Gasteiger partial charge in [-0.2, -0.15) is 0 Å². The summed E-state index contributed by atoms with van der Waals surface area (Å²) in [7, 11) is 0. The second kappa shape index (κ2) is 12.6. The van der Waals surface area contributed by atoms with Crippen molar-refractivity contribution in [1.29, 1.82) is 0 Å². The number of aromatic nitrogens is 1. The minimum absolute atomic E-state index is 0.858. The molecule has 0 aliphatic carbocycles. The van der Waals surface area contributed by atoms with Gasteiger partial charge in [-0.3, -0.25) is 0 Å². The summed E-state index contributed by atoms with van der Waals surface area (Å²) in [4.78, 5) is 2.34. The fourth-order valence-corrected chi connectivity index (χ4v) is 8.54. The summed E-state index contributed by atoms with van der Waals surface area (Å²) >= 11 is 0. The molecule has 258 valence electrons. The first kappa shape index (κ1) is 31.2. The minimum atomic E-state index is 0.858. The number of anilines is 3. The summed E-state index contributed by atoms with van der Waals surface area (Å²) in [5, 5.41) is 7.17.